The number of anilines is 1. The molecule has 0 aliphatic heterocycles. The van der Waals surface area contributed by atoms with Crippen molar-refractivity contribution >= 4 is 32.5 Å². The van der Waals surface area contributed by atoms with Gasteiger partial charge in [0, 0.05) is 42.9 Å². The highest BCUT2D eigenvalue weighted by Gasteiger charge is 2.15. The molecule has 1 N–H and O–H groups in total. The number of hydrogen-bond donors (Lipinski definition) is 1. The summed E-state index contributed by atoms with van der Waals surface area (Å²) in [7, 11) is 2.08. The number of fused-ring (bicyclic) bond motifs is 1. The number of benzene rings is 1. The van der Waals surface area contributed by atoms with Crippen LogP contribution in [0.4, 0.5) is 5.69 Å². The van der Waals surface area contributed by atoms with E-state index in [1.807, 2.05) is 44.6 Å². The lowest BCUT2D eigenvalue weighted by Gasteiger charge is -2.14. The summed E-state index contributed by atoms with van der Waals surface area (Å²) in [6.45, 7) is 1.63. The highest BCUT2D eigenvalue weighted by molar-refractivity contribution is 7.88. The number of hydrogen-bond acceptors (Lipinski definition) is 4. The number of carbonyl (C=O) groups excluding carboxylic acids is 1. The predicted molar refractivity (Wildman–Crippen MR) is 96.6 cm³/mol. The van der Waals surface area contributed by atoms with Crippen molar-refractivity contribution in [3.8, 4) is 0 Å². The number of nitrogens with one attached hydrogen (secondary N) is 1. The first-order valence-electron chi connectivity index (χ1n) is 7.61. The van der Waals surface area contributed by atoms with Crippen LogP contribution in [0.3, 0.4) is 0 Å². The summed E-state index contributed by atoms with van der Waals surface area (Å²) in [5.74, 6) is -0.366. The van der Waals surface area contributed by atoms with Crippen LogP contribution < -0.4 is 5.32 Å². The molecular weight excluding hydrogens is 328 g/mol. The zero-order valence-electron chi connectivity index (χ0n) is 14.5. The first-order chi connectivity index (χ1) is 11.2. The predicted octanol–water partition coefficient (Wildman–Crippen LogP) is 1.03. The zero-order valence-corrected chi connectivity index (χ0v) is 15.3. The van der Waals surface area contributed by atoms with E-state index in [0.29, 0.717) is 5.69 Å². The number of rotatable bonds is 7. The molecule has 1 amide bonds. The van der Waals surface area contributed by atoms with Gasteiger partial charge in [0.2, 0.25) is 15.9 Å². The average molecular weight is 352 g/mol. The lowest BCUT2D eigenvalue weighted by atomic mass is 10.2. The van der Waals surface area contributed by atoms with Crippen molar-refractivity contribution in [3.05, 3.63) is 30.5 Å². The van der Waals surface area contributed by atoms with Crippen molar-refractivity contribution in [1.29, 1.82) is 0 Å². The fourth-order valence-corrected chi connectivity index (χ4v) is 2.65. The topological polar surface area (TPSA) is 74.7 Å². The largest absolute Gasteiger partial charge is 0.346 e. The molecule has 1 aromatic carbocycles. The summed E-state index contributed by atoms with van der Waals surface area (Å²) in [5.41, 5.74) is 1.75. The molecule has 1 heterocycles. The molecule has 0 aliphatic rings. The van der Waals surface area contributed by atoms with Gasteiger partial charge in [-0.3, -0.25) is 4.79 Å². The van der Waals surface area contributed by atoms with E-state index in [-0.39, 0.29) is 12.5 Å². The summed E-state index contributed by atoms with van der Waals surface area (Å²) >= 11 is 0. The second kappa shape index (κ2) is 7.33. The maximum absolute atomic E-state index is 12.0. The van der Waals surface area contributed by atoms with Crippen LogP contribution in [0.1, 0.15) is 0 Å². The Kier molecular flexibility index (Phi) is 5.63. The van der Waals surface area contributed by atoms with Crippen LogP contribution in [0.2, 0.25) is 0 Å². The number of amides is 1. The smallest absolute Gasteiger partial charge is 0.239 e. The lowest BCUT2D eigenvalue weighted by molar-refractivity contribution is -0.116. The molecule has 0 radical (unpaired) electrons. The third-order valence-electron chi connectivity index (χ3n) is 3.78. The molecule has 0 saturated carbocycles. The first kappa shape index (κ1) is 18.4. The molecule has 0 spiro atoms. The molecule has 8 heteroatoms. The molecule has 0 atom stereocenters. The fraction of sp³-hybridized carbons (Fsp3) is 0.438. The maximum atomic E-state index is 12.0. The minimum absolute atomic E-state index is 0.208. The van der Waals surface area contributed by atoms with E-state index in [1.165, 1.54) is 7.05 Å². The van der Waals surface area contributed by atoms with E-state index in [9.17, 15) is 13.2 Å². The summed E-state index contributed by atoms with van der Waals surface area (Å²) in [4.78, 5) is 14.1. The quantitative estimate of drug-likeness (QED) is 0.808. The maximum Gasteiger partial charge on any atom is 0.239 e. The highest BCUT2D eigenvalue weighted by Crippen LogP contribution is 2.20. The molecule has 24 heavy (non-hydrogen) atoms. The highest BCUT2D eigenvalue weighted by atomic mass is 32.2. The van der Waals surface area contributed by atoms with Crippen LogP contribution >= 0.6 is 0 Å². The molecule has 2 aromatic rings. The van der Waals surface area contributed by atoms with Gasteiger partial charge in [-0.05, 0) is 38.4 Å². The standard InChI is InChI=1S/C16H24N4O3S/c1-18(2)9-10-20-8-7-13-11-14(5-6-15(13)20)17-16(21)12-19(3)24(4,22)23/h5-8,11H,9-10,12H2,1-4H3,(H,17,21). The summed E-state index contributed by atoms with van der Waals surface area (Å²) in [6.07, 6.45) is 3.10. The van der Waals surface area contributed by atoms with Crippen LogP contribution in [0.15, 0.2) is 30.5 Å². The number of sulfonamides is 1. The van der Waals surface area contributed by atoms with Crippen LogP contribution in [0.5, 0.6) is 0 Å². The molecule has 7 nitrogen and oxygen atoms in total. The number of nitrogens with zero attached hydrogens (tertiary/aromatic N) is 3. The van der Waals surface area contributed by atoms with Gasteiger partial charge in [0.15, 0.2) is 0 Å². The Morgan fingerprint density at radius 3 is 2.54 bits per heavy atom. The Bertz CT molecular complexity index is 827. The van der Waals surface area contributed by atoms with Gasteiger partial charge in [-0.2, -0.15) is 4.31 Å². The Labute approximate surface area is 142 Å². The van der Waals surface area contributed by atoms with Gasteiger partial charge in [-0.25, -0.2) is 8.42 Å². The second-order valence-electron chi connectivity index (χ2n) is 6.15. The van der Waals surface area contributed by atoms with Gasteiger partial charge < -0.3 is 14.8 Å². The van der Waals surface area contributed by atoms with Crippen LogP contribution in [-0.4, -0.2) is 68.6 Å². The molecule has 1 aromatic heterocycles. The average Bonchev–Trinajstić information content (AvgIpc) is 2.86. The van der Waals surface area contributed by atoms with Crippen LogP contribution in [-0.2, 0) is 21.4 Å². The number of likely N-dealkylation sites (N-methyl/N-ethyl adjacent to an activating group) is 2. The van der Waals surface area contributed by atoms with E-state index in [0.717, 1.165) is 34.6 Å². The molecule has 2 rings (SSSR count). The van der Waals surface area contributed by atoms with E-state index in [1.54, 1.807) is 0 Å². The van der Waals surface area contributed by atoms with Crippen LogP contribution in [0.25, 0.3) is 10.9 Å². The molecule has 0 saturated heterocycles. The molecule has 0 bridgehead atoms. The van der Waals surface area contributed by atoms with Crippen LogP contribution in [0, 0.1) is 0 Å². The van der Waals surface area contributed by atoms with Gasteiger partial charge >= 0.3 is 0 Å². The summed E-state index contributed by atoms with van der Waals surface area (Å²) in [5, 5.41) is 3.76. The number of aromatic nitrogens is 1. The monoisotopic (exact) mass is 352 g/mol. The summed E-state index contributed by atoms with van der Waals surface area (Å²) in [6, 6.07) is 7.68. The van der Waals surface area contributed by atoms with Gasteiger partial charge in [-0.1, -0.05) is 0 Å². The Morgan fingerprint density at radius 1 is 1.21 bits per heavy atom. The van der Waals surface area contributed by atoms with Crippen molar-refractivity contribution in [2.75, 3.05) is 45.8 Å². The molecule has 0 unspecified atom stereocenters. The van der Waals surface area contributed by atoms with Gasteiger partial charge in [0.1, 0.15) is 0 Å². The minimum atomic E-state index is -3.37. The molecule has 0 aliphatic carbocycles. The molecule has 132 valence electrons. The van der Waals surface area contributed by atoms with Gasteiger partial charge in [0.25, 0.3) is 0 Å². The van der Waals surface area contributed by atoms with E-state index in [2.05, 4.69) is 14.8 Å². The first-order valence-corrected chi connectivity index (χ1v) is 9.46. The van der Waals surface area contributed by atoms with Crippen molar-refractivity contribution in [1.82, 2.24) is 13.8 Å². The SMILES string of the molecule is CN(C)CCn1ccc2cc(NC(=O)CN(C)S(C)(=O)=O)ccc21. The second-order valence-corrected chi connectivity index (χ2v) is 8.24. The summed E-state index contributed by atoms with van der Waals surface area (Å²) < 4.78 is 25.9. The molecular formula is C16H24N4O3S. The third-order valence-corrected chi connectivity index (χ3v) is 5.04. The van der Waals surface area contributed by atoms with E-state index in [4.69, 9.17) is 0 Å². The Balaban J connectivity index is 2.07. The minimum Gasteiger partial charge on any atom is -0.346 e. The Morgan fingerprint density at radius 2 is 1.92 bits per heavy atom. The molecule has 0 fully saturated rings. The number of carbonyl (C=O) groups is 1. The zero-order chi connectivity index (χ0) is 17.9. The fourth-order valence-electron chi connectivity index (χ4n) is 2.30. The van der Waals surface area contributed by atoms with Crippen molar-refractivity contribution < 1.29 is 13.2 Å². The van der Waals surface area contributed by atoms with Crippen molar-refractivity contribution in [2.24, 2.45) is 0 Å². The van der Waals surface area contributed by atoms with Crippen molar-refractivity contribution in [3.63, 3.8) is 0 Å². The normalized spacial score (nSPS) is 12.2. The van der Waals surface area contributed by atoms with Gasteiger partial charge in [-0.15, -0.1) is 0 Å². The lowest BCUT2D eigenvalue weighted by Crippen LogP contribution is -2.34. The Hall–Kier alpha value is -1.90. The van der Waals surface area contributed by atoms with Gasteiger partial charge in [0.05, 0.1) is 12.8 Å². The third kappa shape index (κ3) is 4.80. The van der Waals surface area contributed by atoms with E-state index >= 15 is 0 Å². The van der Waals surface area contributed by atoms with Crippen molar-refractivity contribution in [2.45, 2.75) is 6.54 Å². The van der Waals surface area contributed by atoms with E-state index < -0.39 is 10.0 Å².